The fourth-order valence-electron chi connectivity index (χ4n) is 1.56. The van der Waals surface area contributed by atoms with Crippen molar-refractivity contribution >= 4 is 12.1 Å². The molecule has 0 aromatic rings. The molecule has 5 heteroatoms. The lowest BCUT2D eigenvalue weighted by Gasteiger charge is -2.39. The van der Waals surface area contributed by atoms with Crippen LogP contribution in [0, 0.1) is 5.92 Å². The lowest BCUT2D eigenvalue weighted by molar-refractivity contribution is -0.137. The van der Waals surface area contributed by atoms with Gasteiger partial charge < -0.3 is 14.7 Å². The van der Waals surface area contributed by atoms with E-state index in [2.05, 4.69) is 0 Å². The molecule has 1 rings (SSSR count). The highest BCUT2D eigenvalue weighted by atomic mass is 16.6. The van der Waals surface area contributed by atoms with Crippen LogP contribution in [-0.2, 0) is 9.53 Å². The first-order valence-electron chi connectivity index (χ1n) is 5.47. The molecule has 1 aliphatic rings. The summed E-state index contributed by atoms with van der Waals surface area (Å²) in [7, 11) is 0. The van der Waals surface area contributed by atoms with Gasteiger partial charge in [-0.05, 0) is 33.1 Å². The second-order valence-electron chi connectivity index (χ2n) is 5.18. The third kappa shape index (κ3) is 4.08. The van der Waals surface area contributed by atoms with Gasteiger partial charge in [0.2, 0.25) is 0 Å². The number of hydrogen-bond acceptors (Lipinski definition) is 3. The molecule has 0 unspecified atom stereocenters. The molecular formula is C11H19NO4. The van der Waals surface area contributed by atoms with Gasteiger partial charge >= 0.3 is 12.1 Å². The summed E-state index contributed by atoms with van der Waals surface area (Å²) < 4.78 is 5.19. The van der Waals surface area contributed by atoms with Crippen LogP contribution in [0.5, 0.6) is 0 Å². The monoisotopic (exact) mass is 229 g/mol. The zero-order valence-corrected chi connectivity index (χ0v) is 10.0. The van der Waals surface area contributed by atoms with Crippen molar-refractivity contribution < 1.29 is 19.4 Å². The smallest absolute Gasteiger partial charge is 0.410 e. The number of carboxylic acids is 1. The number of nitrogens with zero attached hydrogens (tertiary/aromatic N) is 1. The number of amides is 1. The number of rotatable bonds is 3. The molecule has 0 saturated carbocycles. The molecule has 92 valence electrons. The maximum Gasteiger partial charge on any atom is 0.410 e. The molecule has 1 heterocycles. The Morgan fingerprint density at radius 1 is 1.38 bits per heavy atom. The van der Waals surface area contributed by atoms with E-state index in [0.29, 0.717) is 25.4 Å². The Morgan fingerprint density at radius 3 is 2.38 bits per heavy atom. The Kier molecular flexibility index (Phi) is 3.78. The van der Waals surface area contributed by atoms with Crippen LogP contribution in [0.3, 0.4) is 0 Å². The first-order valence-corrected chi connectivity index (χ1v) is 5.47. The summed E-state index contributed by atoms with van der Waals surface area (Å²) >= 11 is 0. The highest BCUT2D eigenvalue weighted by Gasteiger charge is 2.33. The van der Waals surface area contributed by atoms with E-state index in [1.165, 1.54) is 0 Å². The summed E-state index contributed by atoms with van der Waals surface area (Å²) in [6.07, 6.45) is 0.501. The molecule has 0 aliphatic carbocycles. The Morgan fingerprint density at radius 2 is 1.94 bits per heavy atom. The van der Waals surface area contributed by atoms with Crippen molar-refractivity contribution in [1.29, 1.82) is 0 Å². The number of carboxylic acid groups (broad SMARTS) is 1. The fourth-order valence-corrected chi connectivity index (χ4v) is 1.56. The SMILES string of the molecule is CC(C)(C)OC(=O)N1CC(CCC(=O)O)C1. The quantitative estimate of drug-likeness (QED) is 0.800. The summed E-state index contributed by atoms with van der Waals surface area (Å²) in [6.45, 7) is 6.70. The zero-order valence-electron chi connectivity index (χ0n) is 10.0. The number of likely N-dealkylation sites (tertiary alicyclic amines) is 1. The van der Waals surface area contributed by atoms with Crippen molar-refractivity contribution in [3.8, 4) is 0 Å². The van der Waals surface area contributed by atoms with Crippen molar-refractivity contribution in [3.63, 3.8) is 0 Å². The second-order valence-corrected chi connectivity index (χ2v) is 5.18. The molecule has 0 bridgehead atoms. The van der Waals surface area contributed by atoms with Gasteiger partial charge in [0, 0.05) is 19.5 Å². The van der Waals surface area contributed by atoms with Gasteiger partial charge in [0.15, 0.2) is 0 Å². The van der Waals surface area contributed by atoms with Crippen molar-refractivity contribution in [2.75, 3.05) is 13.1 Å². The van der Waals surface area contributed by atoms with Crippen LogP contribution in [0.2, 0.25) is 0 Å². The van der Waals surface area contributed by atoms with Crippen LogP contribution >= 0.6 is 0 Å². The Hall–Kier alpha value is -1.26. The maximum atomic E-state index is 11.5. The average molecular weight is 229 g/mol. The van der Waals surface area contributed by atoms with E-state index in [-0.39, 0.29) is 12.5 Å². The van der Waals surface area contributed by atoms with Crippen LogP contribution < -0.4 is 0 Å². The molecule has 0 aromatic heterocycles. The van der Waals surface area contributed by atoms with Crippen LogP contribution in [0.25, 0.3) is 0 Å². The second kappa shape index (κ2) is 4.72. The topological polar surface area (TPSA) is 66.8 Å². The van der Waals surface area contributed by atoms with E-state index < -0.39 is 11.6 Å². The third-order valence-corrected chi connectivity index (χ3v) is 2.38. The number of carbonyl (C=O) groups is 2. The molecule has 1 fully saturated rings. The van der Waals surface area contributed by atoms with E-state index in [0.717, 1.165) is 0 Å². The summed E-state index contributed by atoms with van der Waals surface area (Å²) in [5.74, 6) is -0.473. The van der Waals surface area contributed by atoms with Crippen molar-refractivity contribution in [2.45, 2.75) is 39.2 Å². The molecule has 0 atom stereocenters. The summed E-state index contributed by atoms with van der Waals surface area (Å²) in [5.41, 5.74) is -0.469. The van der Waals surface area contributed by atoms with E-state index >= 15 is 0 Å². The number of aliphatic carboxylic acids is 1. The lowest BCUT2D eigenvalue weighted by Crippen LogP contribution is -2.51. The molecule has 0 radical (unpaired) electrons. The van der Waals surface area contributed by atoms with Gasteiger partial charge in [0.05, 0.1) is 0 Å². The number of carbonyl (C=O) groups excluding carboxylic acids is 1. The summed E-state index contributed by atoms with van der Waals surface area (Å²) in [6, 6.07) is 0. The normalized spacial score (nSPS) is 16.8. The van der Waals surface area contributed by atoms with Crippen LogP contribution in [0.1, 0.15) is 33.6 Å². The Bertz CT molecular complexity index is 276. The summed E-state index contributed by atoms with van der Waals surface area (Å²) in [4.78, 5) is 23.5. The predicted molar refractivity (Wildman–Crippen MR) is 58.2 cm³/mol. The van der Waals surface area contributed by atoms with Crippen molar-refractivity contribution in [2.24, 2.45) is 5.92 Å². The summed E-state index contributed by atoms with van der Waals surface area (Å²) in [5, 5.41) is 8.50. The van der Waals surface area contributed by atoms with E-state index in [1.54, 1.807) is 4.90 Å². The highest BCUT2D eigenvalue weighted by Crippen LogP contribution is 2.22. The standard InChI is InChI=1S/C11H19NO4/c1-11(2,3)16-10(15)12-6-8(7-12)4-5-9(13)14/h8H,4-7H2,1-3H3,(H,13,14). The van der Waals surface area contributed by atoms with Gasteiger partial charge in [-0.1, -0.05) is 0 Å². The van der Waals surface area contributed by atoms with Gasteiger partial charge in [-0.15, -0.1) is 0 Å². The molecular weight excluding hydrogens is 210 g/mol. The van der Waals surface area contributed by atoms with Gasteiger partial charge in [0.25, 0.3) is 0 Å². The van der Waals surface area contributed by atoms with E-state index in [9.17, 15) is 9.59 Å². The Balaban J connectivity index is 2.20. The maximum absolute atomic E-state index is 11.5. The average Bonchev–Trinajstić information content (AvgIpc) is 1.96. The first-order chi connectivity index (χ1) is 7.28. The number of hydrogen-bond donors (Lipinski definition) is 1. The van der Waals surface area contributed by atoms with Crippen LogP contribution in [0.15, 0.2) is 0 Å². The molecule has 0 spiro atoms. The molecule has 16 heavy (non-hydrogen) atoms. The lowest BCUT2D eigenvalue weighted by atomic mass is 9.95. The molecule has 1 amide bonds. The molecule has 1 saturated heterocycles. The van der Waals surface area contributed by atoms with E-state index in [1.807, 2.05) is 20.8 Å². The van der Waals surface area contributed by atoms with E-state index in [4.69, 9.17) is 9.84 Å². The highest BCUT2D eigenvalue weighted by molar-refractivity contribution is 5.69. The minimum Gasteiger partial charge on any atom is -0.481 e. The van der Waals surface area contributed by atoms with Crippen LogP contribution in [-0.4, -0.2) is 40.8 Å². The predicted octanol–water partition coefficient (Wildman–Crippen LogP) is 1.72. The fraction of sp³-hybridized carbons (Fsp3) is 0.818. The minimum atomic E-state index is -0.782. The van der Waals surface area contributed by atoms with Gasteiger partial charge in [-0.2, -0.15) is 0 Å². The van der Waals surface area contributed by atoms with Gasteiger partial charge in [-0.3, -0.25) is 4.79 Å². The van der Waals surface area contributed by atoms with Crippen molar-refractivity contribution in [1.82, 2.24) is 4.90 Å². The molecule has 1 N–H and O–H groups in total. The molecule has 0 aromatic carbocycles. The van der Waals surface area contributed by atoms with Crippen LogP contribution in [0.4, 0.5) is 4.79 Å². The number of ether oxygens (including phenoxy) is 1. The zero-order chi connectivity index (χ0) is 12.3. The largest absolute Gasteiger partial charge is 0.481 e. The van der Waals surface area contributed by atoms with Crippen molar-refractivity contribution in [3.05, 3.63) is 0 Å². The first kappa shape index (κ1) is 12.8. The van der Waals surface area contributed by atoms with Gasteiger partial charge in [-0.25, -0.2) is 4.79 Å². The Labute approximate surface area is 95.4 Å². The van der Waals surface area contributed by atoms with Gasteiger partial charge in [0.1, 0.15) is 5.60 Å². The molecule has 1 aliphatic heterocycles. The third-order valence-electron chi connectivity index (χ3n) is 2.38. The minimum absolute atomic E-state index is 0.173. The molecule has 5 nitrogen and oxygen atoms in total.